The molecule has 1 aromatic heterocycles. The van der Waals surface area contributed by atoms with Crippen LogP contribution in [0.25, 0.3) is 0 Å². The van der Waals surface area contributed by atoms with Crippen molar-refractivity contribution in [3.05, 3.63) is 18.1 Å². The van der Waals surface area contributed by atoms with Gasteiger partial charge in [0.05, 0.1) is 12.4 Å². The smallest absolute Gasteiger partial charge is 0.271 e. The Kier molecular flexibility index (Phi) is 8.55. The lowest BCUT2D eigenvalue weighted by molar-refractivity contribution is 0.0950. The summed E-state index contributed by atoms with van der Waals surface area (Å²) >= 11 is 0. The third-order valence-corrected chi connectivity index (χ3v) is 3.53. The second kappa shape index (κ2) is 10.2. The van der Waals surface area contributed by atoms with Crippen LogP contribution >= 0.6 is 0 Å². The molecule has 6 heteroatoms. The average Bonchev–Trinajstić information content (AvgIpc) is 2.57. The number of carbonyl (C=O) groups is 1. The van der Waals surface area contributed by atoms with Crippen molar-refractivity contribution < 1.29 is 4.79 Å². The highest BCUT2D eigenvalue weighted by atomic mass is 16.1. The van der Waals surface area contributed by atoms with E-state index in [4.69, 9.17) is 0 Å². The molecule has 0 aliphatic carbocycles. The van der Waals surface area contributed by atoms with Crippen molar-refractivity contribution in [1.29, 1.82) is 0 Å². The van der Waals surface area contributed by atoms with Crippen LogP contribution in [0.3, 0.4) is 0 Å². The molecule has 0 unspecified atom stereocenters. The molecule has 1 amide bonds. The van der Waals surface area contributed by atoms with Gasteiger partial charge in [-0.2, -0.15) is 0 Å². The lowest BCUT2D eigenvalue weighted by Crippen LogP contribution is -2.47. The fourth-order valence-electron chi connectivity index (χ4n) is 2.53. The third-order valence-electron chi connectivity index (χ3n) is 3.53. The summed E-state index contributed by atoms with van der Waals surface area (Å²) in [4.78, 5) is 24.9. The number of hydrogen-bond donors (Lipinski definition) is 1. The van der Waals surface area contributed by atoms with E-state index >= 15 is 0 Å². The van der Waals surface area contributed by atoms with Gasteiger partial charge in [-0.05, 0) is 12.8 Å². The van der Waals surface area contributed by atoms with E-state index in [0.717, 1.165) is 38.5 Å². The topological polar surface area (TPSA) is 61.4 Å². The first-order valence-corrected chi connectivity index (χ1v) is 8.67. The van der Waals surface area contributed by atoms with Crippen LogP contribution in [0.5, 0.6) is 0 Å². The second-order valence-corrected chi connectivity index (χ2v) is 5.80. The van der Waals surface area contributed by atoms with Crippen molar-refractivity contribution in [2.75, 3.05) is 44.2 Å². The molecule has 0 aromatic carbocycles. The van der Waals surface area contributed by atoms with Crippen molar-refractivity contribution in [2.24, 2.45) is 5.92 Å². The molecular weight excluding hydrogens is 290 g/mol. The fourth-order valence-corrected chi connectivity index (χ4v) is 2.53. The number of anilines is 1. The highest BCUT2D eigenvalue weighted by Crippen LogP contribution is 2.13. The number of aromatic nitrogens is 2. The number of amides is 1. The second-order valence-electron chi connectivity index (χ2n) is 5.80. The maximum Gasteiger partial charge on any atom is 0.271 e. The van der Waals surface area contributed by atoms with Crippen LogP contribution < -0.4 is 10.2 Å². The molecule has 1 aromatic rings. The van der Waals surface area contributed by atoms with Gasteiger partial charge in [-0.3, -0.25) is 9.69 Å². The summed E-state index contributed by atoms with van der Waals surface area (Å²) in [5.41, 5.74) is 0.374. The standard InChI is InChI=1S/C15H25N5O.C2H6/c1-4-16-15(21)13-9-18-14(10-17-13)20-7-5-19(6-8-20)11-12(2)3;1-2/h9-10,12H,4-8,11H2,1-3H3,(H,16,21);1-2H3. The van der Waals surface area contributed by atoms with E-state index in [0.29, 0.717) is 18.2 Å². The number of nitrogens with one attached hydrogen (secondary N) is 1. The summed E-state index contributed by atoms with van der Waals surface area (Å²) in [6.07, 6.45) is 3.25. The molecule has 6 nitrogen and oxygen atoms in total. The molecule has 0 spiro atoms. The molecule has 2 heterocycles. The number of carbonyl (C=O) groups excluding carboxylic acids is 1. The number of rotatable bonds is 5. The summed E-state index contributed by atoms with van der Waals surface area (Å²) < 4.78 is 0. The minimum Gasteiger partial charge on any atom is -0.353 e. The predicted octanol–water partition coefficient (Wildman–Crippen LogP) is 2.03. The van der Waals surface area contributed by atoms with Gasteiger partial charge in [-0.1, -0.05) is 27.7 Å². The zero-order valence-corrected chi connectivity index (χ0v) is 15.2. The number of piperazine rings is 1. The van der Waals surface area contributed by atoms with Gasteiger partial charge >= 0.3 is 0 Å². The molecule has 0 bridgehead atoms. The predicted molar refractivity (Wildman–Crippen MR) is 94.9 cm³/mol. The Bertz CT molecular complexity index is 453. The van der Waals surface area contributed by atoms with Gasteiger partial charge in [0, 0.05) is 39.3 Å². The van der Waals surface area contributed by atoms with Gasteiger partial charge in [0.1, 0.15) is 11.5 Å². The molecule has 1 aliphatic rings. The maximum absolute atomic E-state index is 11.6. The van der Waals surface area contributed by atoms with Gasteiger partial charge in [-0.25, -0.2) is 9.97 Å². The first kappa shape index (κ1) is 19.4. The van der Waals surface area contributed by atoms with Crippen LogP contribution in [-0.4, -0.2) is 60.0 Å². The van der Waals surface area contributed by atoms with Gasteiger partial charge in [0.25, 0.3) is 5.91 Å². The molecule has 1 fully saturated rings. The quantitative estimate of drug-likeness (QED) is 0.899. The first-order chi connectivity index (χ1) is 11.1. The van der Waals surface area contributed by atoms with Gasteiger partial charge in [-0.15, -0.1) is 0 Å². The van der Waals surface area contributed by atoms with Crippen molar-refractivity contribution in [1.82, 2.24) is 20.2 Å². The van der Waals surface area contributed by atoms with Crippen molar-refractivity contribution in [3.8, 4) is 0 Å². The minimum absolute atomic E-state index is 0.168. The Labute approximate surface area is 140 Å². The van der Waals surface area contributed by atoms with Crippen LogP contribution in [0.1, 0.15) is 45.1 Å². The molecule has 0 radical (unpaired) electrons. The van der Waals surface area contributed by atoms with E-state index < -0.39 is 0 Å². The Morgan fingerprint density at radius 2 is 1.83 bits per heavy atom. The van der Waals surface area contributed by atoms with E-state index in [1.54, 1.807) is 12.4 Å². The molecule has 1 N–H and O–H groups in total. The molecule has 23 heavy (non-hydrogen) atoms. The highest BCUT2D eigenvalue weighted by molar-refractivity contribution is 5.91. The summed E-state index contributed by atoms with van der Waals surface area (Å²) in [5, 5.41) is 2.72. The summed E-state index contributed by atoms with van der Waals surface area (Å²) in [6, 6.07) is 0. The largest absolute Gasteiger partial charge is 0.353 e. The van der Waals surface area contributed by atoms with Gasteiger partial charge in [0.15, 0.2) is 0 Å². The Balaban J connectivity index is 0.00000127. The molecular formula is C17H31N5O. The minimum atomic E-state index is -0.168. The van der Waals surface area contributed by atoms with Crippen LogP contribution in [0.15, 0.2) is 12.4 Å². The molecule has 1 saturated heterocycles. The van der Waals surface area contributed by atoms with Crippen molar-refractivity contribution >= 4 is 11.7 Å². The van der Waals surface area contributed by atoms with Crippen molar-refractivity contribution in [3.63, 3.8) is 0 Å². The van der Waals surface area contributed by atoms with E-state index in [1.165, 1.54) is 0 Å². The van der Waals surface area contributed by atoms with Gasteiger partial charge in [0.2, 0.25) is 0 Å². The molecule has 0 atom stereocenters. The van der Waals surface area contributed by atoms with E-state index in [9.17, 15) is 4.79 Å². The molecule has 130 valence electrons. The number of nitrogens with zero attached hydrogens (tertiary/aromatic N) is 4. The Morgan fingerprint density at radius 1 is 1.17 bits per heavy atom. The van der Waals surface area contributed by atoms with E-state index in [-0.39, 0.29) is 5.91 Å². The monoisotopic (exact) mass is 321 g/mol. The third kappa shape index (κ3) is 6.14. The Hall–Kier alpha value is -1.69. The van der Waals surface area contributed by atoms with Crippen LogP contribution in [-0.2, 0) is 0 Å². The van der Waals surface area contributed by atoms with Crippen LogP contribution in [0, 0.1) is 5.92 Å². The highest BCUT2D eigenvalue weighted by Gasteiger charge is 2.19. The summed E-state index contributed by atoms with van der Waals surface area (Å²) in [7, 11) is 0. The molecule has 2 rings (SSSR count). The zero-order valence-electron chi connectivity index (χ0n) is 15.2. The summed E-state index contributed by atoms with van der Waals surface area (Å²) in [5.74, 6) is 1.39. The number of hydrogen-bond acceptors (Lipinski definition) is 5. The SMILES string of the molecule is CC.CCNC(=O)c1cnc(N2CCN(CC(C)C)CC2)cn1. The van der Waals surface area contributed by atoms with E-state index in [1.807, 2.05) is 20.8 Å². The lowest BCUT2D eigenvalue weighted by atomic mass is 10.2. The average molecular weight is 321 g/mol. The van der Waals surface area contributed by atoms with Crippen LogP contribution in [0.2, 0.25) is 0 Å². The van der Waals surface area contributed by atoms with Crippen LogP contribution in [0.4, 0.5) is 5.82 Å². The fraction of sp³-hybridized carbons (Fsp3) is 0.706. The zero-order chi connectivity index (χ0) is 17.2. The molecule has 0 saturated carbocycles. The Morgan fingerprint density at radius 3 is 2.30 bits per heavy atom. The molecule has 1 aliphatic heterocycles. The van der Waals surface area contributed by atoms with Gasteiger partial charge < -0.3 is 10.2 Å². The first-order valence-electron chi connectivity index (χ1n) is 8.67. The van der Waals surface area contributed by atoms with E-state index in [2.05, 4.69) is 38.9 Å². The lowest BCUT2D eigenvalue weighted by Gasteiger charge is -2.36. The summed E-state index contributed by atoms with van der Waals surface area (Å²) in [6.45, 7) is 16.2. The van der Waals surface area contributed by atoms with Crippen molar-refractivity contribution in [2.45, 2.75) is 34.6 Å². The maximum atomic E-state index is 11.6. The normalized spacial score (nSPS) is 15.1.